The van der Waals surface area contributed by atoms with Gasteiger partial charge in [0, 0.05) is 17.5 Å². The molecule has 0 N–H and O–H groups in total. The highest BCUT2D eigenvalue weighted by Crippen LogP contribution is 2.31. The molecule has 3 aromatic carbocycles. The molecule has 0 unspecified atom stereocenters. The van der Waals surface area contributed by atoms with Crippen LogP contribution in [-0.4, -0.2) is 27.5 Å². The summed E-state index contributed by atoms with van der Waals surface area (Å²) in [6, 6.07) is 23.5. The van der Waals surface area contributed by atoms with Crippen LogP contribution >= 0.6 is 0 Å². The molecule has 33 heavy (non-hydrogen) atoms. The summed E-state index contributed by atoms with van der Waals surface area (Å²) in [6.45, 7) is 3.95. The summed E-state index contributed by atoms with van der Waals surface area (Å²) in [5.41, 5.74) is 2.62. The van der Waals surface area contributed by atoms with E-state index >= 15 is 0 Å². The number of hydrogen-bond donors (Lipinski definition) is 0. The average Bonchev–Trinajstić information content (AvgIpc) is 3.16. The van der Waals surface area contributed by atoms with Gasteiger partial charge in [0.2, 0.25) is 5.76 Å². The van der Waals surface area contributed by atoms with Crippen molar-refractivity contribution in [3.05, 3.63) is 95.7 Å². The number of furan rings is 1. The maximum Gasteiger partial charge on any atom is 0.374 e. The number of aryl methyl sites for hydroxylation is 1. The second-order valence-electron chi connectivity index (χ2n) is 7.58. The van der Waals surface area contributed by atoms with E-state index in [1.807, 2.05) is 48.5 Å². The first-order valence-electron chi connectivity index (χ1n) is 10.7. The molecule has 4 aromatic rings. The predicted molar refractivity (Wildman–Crippen MR) is 128 cm³/mol. The fourth-order valence-electron chi connectivity index (χ4n) is 3.74. The van der Waals surface area contributed by atoms with Crippen LogP contribution in [0.15, 0.2) is 88.2 Å². The molecule has 0 aliphatic carbocycles. The standard InChI is InChI=1S/C26H25NO5S/c1-3-31-26(28)25-19(2)23-18-22(14-15-24(23)32-25)33(29,30)27(21-12-8-5-9-13-21)17-16-20-10-6-4-7-11-20/h4-15,18H,3,16-17H2,1-2H3. The van der Waals surface area contributed by atoms with E-state index in [4.69, 9.17) is 9.15 Å². The lowest BCUT2D eigenvalue weighted by Gasteiger charge is -2.24. The number of esters is 1. The molecular formula is C26H25NO5S. The van der Waals surface area contributed by atoms with Crippen molar-refractivity contribution >= 4 is 32.6 Å². The highest BCUT2D eigenvalue weighted by molar-refractivity contribution is 7.92. The molecule has 0 amide bonds. The molecule has 4 rings (SSSR count). The number of nitrogens with zero attached hydrogens (tertiary/aromatic N) is 1. The van der Waals surface area contributed by atoms with Crippen LogP contribution in [0.3, 0.4) is 0 Å². The van der Waals surface area contributed by atoms with E-state index in [9.17, 15) is 13.2 Å². The van der Waals surface area contributed by atoms with Crippen molar-refractivity contribution in [1.82, 2.24) is 0 Å². The molecular weight excluding hydrogens is 438 g/mol. The molecule has 170 valence electrons. The van der Waals surface area contributed by atoms with Gasteiger partial charge in [-0.1, -0.05) is 48.5 Å². The SMILES string of the molecule is CCOC(=O)c1oc2ccc(S(=O)(=O)N(CCc3ccccc3)c3ccccc3)cc2c1C. The Morgan fingerprint density at radius 1 is 0.970 bits per heavy atom. The van der Waals surface area contributed by atoms with Crippen LogP contribution in [0.5, 0.6) is 0 Å². The predicted octanol–water partition coefficient (Wildman–Crippen LogP) is 5.36. The number of carbonyl (C=O) groups is 1. The maximum atomic E-state index is 13.8. The molecule has 0 saturated carbocycles. The van der Waals surface area contributed by atoms with E-state index in [1.165, 1.54) is 10.4 Å². The molecule has 1 aromatic heterocycles. The number of para-hydroxylation sites is 1. The second kappa shape index (κ2) is 9.50. The minimum absolute atomic E-state index is 0.0883. The quantitative estimate of drug-likeness (QED) is 0.329. The van der Waals surface area contributed by atoms with Gasteiger partial charge in [-0.25, -0.2) is 13.2 Å². The molecule has 0 aliphatic heterocycles. The summed E-state index contributed by atoms with van der Waals surface area (Å²) in [5, 5.41) is 0.565. The molecule has 6 nitrogen and oxygen atoms in total. The molecule has 1 heterocycles. The van der Waals surface area contributed by atoms with Crippen molar-refractivity contribution in [3.63, 3.8) is 0 Å². The van der Waals surface area contributed by atoms with Crippen molar-refractivity contribution < 1.29 is 22.4 Å². The summed E-state index contributed by atoms with van der Waals surface area (Å²) in [4.78, 5) is 12.3. The normalized spacial score (nSPS) is 11.5. The lowest BCUT2D eigenvalue weighted by molar-refractivity contribution is 0.0491. The summed E-state index contributed by atoms with van der Waals surface area (Å²) >= 11 is 0. The van der Waals surface area contributed by atoms with Crippen LogP contribution in [-0.2, 0) is 21.2 Å². The Labute approximate surface area is 193 Å². The van der Waals surface area contributed by atoms with E-state index in [1.54, 1.807) is 38.1 Å². The van der Waals surface area contributed by atoms with Gasteiger partial charge in [-0.2, -0.15) is 0 Å². The Morgan fingerprint density at radius 3 is 2.30 bits per heavy atom. The molecule has 0 aliphatic rings. The van der Waals surface area contributed by atoms with Gasteiger partial charge in [0.25, 0.3) is 10.0 Å². The number of carbonyl (C=O) groups excluding carboxylic acids is 1. The molecule has 0 atom stereocenters. The van der Waals surface area contributed by atoms with Crippen LogP contribution in [0.25, 0.3) is 11.0 Å². The zero-order valence-corrected chi connectivity index (χ0v) is 19.3. The lowest BCUT2D eigenvalue weighted by atomic mass is 10.1. The van der Waals surface area contributed by atoms with Crippen LogP contribution in [0.4, 0.5) is 5.69 Å². The number of ether oxygens (including phenoxy) is 1. The topological polar surface area (TPSA) is 76.8 Å². The Kier molecular flexibility index (Phi) is 6.51. The maximum absolute atomic E-state index is 13.8. The smallest absolute Gasteiger partial charge is 0.374 e. The van der Waals surface area contributed by atoms with E-state index in [0.29, 0.717) is 28.6 Å². The first-order chi connectivity index (χ1) is 15.9. The van der Waals surface area contributed by atoms with Crippen molar-refractivity contribution in [2.24, 2.45) is 0 Å². The monoisotopic (exact) mass is 463 g/mol. The minimum atomic E-state index is -3.88. The van der Waals surface area contributed by atoms with Gasteiger partial charge in [0.15, 0.2) is 0 Å². The van der Waals surface area contributed by atoms with E-state index < -0.39 is 16.0 Å². The number of hydrogen-bond acceptors (Lipinski definition) is 5. The lowest BCUT2D eigenvalue weighted by Crippen LogP contribution is -2.33. The molecule has 0 bridgehead atoms. The fraction of sp³-hybridized carbons (Fsp3) is 0.192. The molecule has 0 fully saturated rings. The van der Waals surface area contributed by atoms with Crippen LogP contribution in [0.2, 0.25) is 0 Å². The molecule has 0 saturated heterocycles. The third-order valence-corrected chi connectivity index (χ3v) is 7.27. The van der Waals surface area contributed by atoms with Gasteiger partial charge in [-0.3, -0.25) is 4.31 Å². The first kappa shape index (κ1) is 22.6. The minimum Gasteiger partial charge on any atom is -0.460 e. The molecule has 0 spiro atoms. The van der Waals surface area contributed by atoms with Gasteiger partial charge < -0.3 is 9.15 Å². The van der Waals surface area contributed by atoms with E-state index in [0.717, 1.165) is 5.56 Å². The van der Waals surface area contributed by atoms with Crippen molar-refractivity contribution in [3.8, 4) is 0 Å². The zero-order chi connectivity index (χ0) is 23.4. The summed E-state index contributed by atoms with van der Waals surface area (Å²) in [6.07, 6.45) is 0.564. The van der Waals surface area contributed by atoms with Crippen molar-refractivity contribution in [2.75, 3.05) is 17.5 Å². The number of fused-ring (bicyclic) bond motifs is 1. The van der Waals surface area contributed by atoms with E-state index in [2.05, 4.69) is 0 Å². The Hall–Kier alpha value is -3.58. The van der Waals surface area contributed by atoms with Gasteiger partial charge in [0.1, 0.15) is 5.58 Å². The van der Waals surface area contributed by atoms with Crippen LogP contribution < -0.4 is 4.31 Å². The third kappa shape index (κ3) is 4.64. The summed E-state index contributed by atoms with van der Waals surface area (Å²) < 4.78 is 39.6. The Balaban J connectivity index is 1.73. The van der Waals surface area contributed by atoms with Crippen molar-refractivity contribution in [1.29, 1.82) is 0 Å². The molecule has 0 radical (unpaired) electrons. The second-order valence-corrected chi connectivity index (χ2v) is 9.45. The van der Waals surface area contributed by atoms with Crippen molar-refractivity contribution in [2.45, 2.75) is 25.2 Å². The van der Waals surface area contributed by atoms with Crippen LogP contribution in [0.1, 0.15) is 28.6 Å². The summed E-state index contributed by atoms with van der Waals surface area (Å²) in [7, 11) is -3.88. The highest BCUT2D eigenvalue weighted by Gasteiger charge is 2.27. The Bertz CT molecular complexity index is 1360. The number of benzene rings is 3. The van der Waals surface area contributed by atoms with Gasteiger partial charge >= 0.3 is 5.97 Å². The first-order valence-corrected chi connectivity index (χ1v) is 12.2. The number of rotatable bonds is 8. The third-order valence-electron chi connectivity index (χ3n) is 5.45. The van der Waals surface area contributed by atoms with E-state index in [-0.39, 0.29) is 23.8 Å². The highest BCUT2D eigenvalue weighted by atomic mass is 32.2. The zero-order valence-electron chi connectivity index (χ0n) is 18.5. The number of anilines is 1. The van der Waals surface area contributed by atoms with Gasteiger partial charge in [0.05, 0.1) is 17.2 Å². The summed E-state index contributed by atoms with van der Waals surface area (Å²) in [5.74, 6) is -0.477. The fourth-order valence-corrected chi connectivity index (χ4v) is 5.23. The van der Waals surface area contributed by atoms with Crippen LogP contribution in [0, 0.1) is 6.92 Å². The van der Waals surface area contributed by atoms with Gasteiger partial charge in [-0.05, 0) is 56.2 Å². The largest absolute Gasteiger partial charge is 0.460 e. The Morgan fingerprint density at radius 2 is 1.64 bits per heavy atom. The number of sulfonamides is 1. The average molecular weight is 464 g/mol. The molecule has 7 heteroatoms. The van der Waals surface area contributed by atoms with Gasteiger partial charge in [-0.15, -0.1) is 0 Å².